The minimum atomic E-state index is -1.16. The van der Waals surface area contributed by atoms with Crippen molar-refractivity contribution in [1.29, 1.82) is 0 Å². The Morgan fingerprint density at radius 3 is 2.52 bits per heavy atom. The van der Waals surface area contributed by atoms with Crippen molar-refractivity contribution in [3.63, 3.8) is 0 Å². The van der Waals surface area contributed by atoms with Crippen molar-refractivity contribution >= 4 is 29.1 Å². The van der Waals surface area contributed by atoms with Crippen molar-refractivity contribution in [3.05, 3.63) is 88.2 Å². The maximum Gasteiger partial charge on any atom is 0.256 e. The van der Waals surface area contributed by atoms with Gasteiger partial charge in [-0.15, -0.1) is 0 Å². The van der Waals surface area contributed by atoms with E-state index in [1.165, 1.54) is 18.9 Å². The van der Waals surface area contributed by atoms with Gasteiger partial charge < -0.3 is 29.7 Å². The number of fused-ring (bicyclic) bond motifs is 1. The molecule has 0 radical (unpaired) electrons. The number of hydrogen-bond donors (Lipinski definition) is 2. The Kier molecular flexibility index (Phi) is 13.7. The Labute approximate surface area is 289 Å². The molecule has 0 fully saturated rings. The number of rotatable bonds is 16. The molecule has 1 heterocycles. The van der Waals surface area contributed by atoms with E-state index >= 15 is 0 Å². The number of halogens is 2. The van der Waals surface area contributed by atoms with E-state index in [0.717, 1.165) is 25.9 Å². The molecule has 0 aliphatic carbocycles. The molecule has 260 valence electrons. The van der Waals surface area contributed by atoms with Crippen LogP contribution < -0.4 is 25.0 Å². The van der Waals surface area contributed by atoms with Crippen molar-refractivity contribution in [1.82, 2.24) is 10.6 Å². The molecule has 1 aliphatic heterocycles. The maximum absolute atomic E-state index is 14.3. The average molecular weight is 682 g/mol. The lowest BCUT2D eigenvalue weighted by Gasteiger charge is -2.31. The number of nitrogens with one attached hydrogen (secondary N) is 2. The van der Waals surface area contributed by atoms with Crippen molar-refractivity contribution < 1.29 is 28.2 Å². The van der Waals surface area contributed by atoms with Crippen LogP contribution in [0.3, 0.4) is 0 Å². The molecule has 0 saturated carbocycles. The van der Waals surface area contributed by atoms with Gasteiger partial charge in [-0.2, -0.15) is 0 Å². The van der Waals surface area contributed by atoms with Crippen LogP contribution in [-0.4, -0.2) is 51.3 Å². The molecule has 48 heavy (non-hydrogen) atoms. The van der Waals surface area contributed by atoms with E-state index in [0.29, 0.717) is 52.1 Å². The smallest absolute Gasteiger partial charge is 0.256 e. The molecule has 10 heteroatoms. The van der Waals surface area contributed by atoms with Crippen molar-refractivity contribution in [3.8, 4) is 11.5 Å². The molecule has 4 rings (SSSR count). The van der Waals surface area contributed by atoms with Gasteiger partial charge in [-0.3, -0.25) is 9.59 Å². The quantitative estimate of drug-likeness (QED) is 0.151. The number of benzene rings is 3. The van der Waals surface area contributed by atoms with Gasteiger partial charge in [-0.1, -0.05) is 82.5 Å². The average Bonchev–Trinajstić information content (AvgIpc) is 3.15. The van der Waals surface area contributed by atoms with E-state index in [1.54, 1.807) is 42.3 Å². The van der Waals surface area contributed by atoms with Crippen molar-refractivity contribution in [2.24, 2.45) is 5.41 Å². The molecule has 2 atom stereocenters. The summed E-state index contributed by atoms with van der Waals surface area (Å²) < 4.78 is 33.0. The standard InChI is InChI=1S/C38H49ClFN3O5/c1-6-7-10-19-41-20-12-21-47-32-16-11-14-28(36(32)46-5)35-29-22-27(39)17-18-31(29)43(25-38(2,3)4)37(45)33(48-35)23-34(44)42-24-26-13-8-9-15-30(26)40/h8-9,11,13-18,22,33,35,41H,6-7,10,12,19-21,23-25H2,1-5H3,(H,42,44). The summed E-state index contributed by atoms with van der Waals surface area (Å²) in [6.45, 7) is 11.0. The lowest BCUT2D eigenvalue weighted by molar-refractivity contribution is -0.138. The number of anilines is 1. The number of carbonyl (C=O) groups excluding carboxylic acids is 2. The summed E-state index contributed by atoms with van der Waals surface area (Å²) in [4.78, 5) is 29.2. The third kappa shape index (κ3) is 10.2. The highest BCUT2D eigenvalue weighted by atomic mass is 35.5. The Morgan fingerprint density at radius 2 is 1.79 bits per heavy atom. The van der Waals surface area contributed by atoms with Crippen molar-refractivity contribution in [2.75, 3.05) is 38.3 Å². The number of ether oxygens (including phenoxy) is 3. The van der Waals surface area contributed by atoms with Crippen molar-refractivity contribution in [2.45, 2.75) is 78.6 Å². The third-order valence-corrected chi connectivity index (χ3v) is 8.29. The molecule has 2 N–H and O–H groups in total. The summed E-state index contributed by atoms with van der Waals surface area (Å²) in [6, 6.07) is 17.2. The highest BCUT2D eigenvalue weighted by Gasteiger charge is 2.40. The molecule has 1 aliphatic rings. The van der Waals surface area contributed by atoms with Crippen LogP contribution in [0.4, 0.5) is 10.1 Å². The molecule has 0 spiro atoms. The Bertz CT molecular complexity index is 1530. The van der Waals surface area contributed by atoms with Crippen LogP contribution in [0.5, 0.6) is 11.5 Å². The van der Waals surface area contributed by atoms with E-state index in [2.05, 4.69) is 17.6 Å². The Morgan fingerprint density at radius 1 is 1.02 bits per heavy atom. The van der Waals surface area contributed by atoms with E-state index in [1.807, 2.05) is 45.0 Å². The zero-order valence-electron chi connectivity index (χ0n) is 28.7. The molecular weight excluding hydrogens is 633 g/mol. The highest BCUT2D eigenvalue weighted by molar-refractivity contribution is 6.30. The second kappa shape index (κ2) is 17.7. The van der Waals surface area contributed by atoms with Crippen LogP contribution in [0.2, 0.25) is 5.02 Å². The lowest BCUT2D eigenvalue weighted by atomic mass is 9.94. The van der Waals surface area contributed by atoms with E-state index in [9.17, 15) is 14.0 Å². The van der Waals surface area contributed by atoms with Crippen LogP contribution in [0, 0.1) is 11.2 Å². The molecule has 2 unspecified atom stereocenters. The van der Waals surface area contributed by atoms with Crippen LogP contribution >= 0.6 is 11.6 Å². The largest absolute Gasteiger partial charge is 0.492 e. The van der Waals surface area contributed by atoms with Crippen LogP contribution in [0.1, 0.15) is 82.6 Å². The molecule has 2 amide bonds. The number of carbonyl (C=O) groups is 2. The molecule has 8 nitrogen and oxygen atoms in total. The monoisotopic (exact) mass is 681 g/mol. The minimum Gasteiger partial charge on any atom is -0.492 e. The van der Waals surface area contributed by atoms with E-state index < -0.39 is 23.9 Å². The zero-order valence-corrected chi connectivity index (χ0v) is 29.5. The van der Waals surface area contributed by atoms with Gasteiger partial charge in [0.05, 0.1) is 20.1 Å². The Hall–Kier alpha value is -3.66. The molecule has 0 saturated heterocycles. The number of nitrogens with zero attached hydrogens (tertiary/aromatic N) is 1. The summed E-state index contributed by atoms with van der Waals surface area (Å²) in [7, 11) is 1.57. The van der Waals surface area contributed by atoms with Gasteiger partial charge in [-0.05, 0) is 61.7 Å². The number of unbranched alkanes of at least 4 members (excludes halogenated alkanes) is 2. The normalized spacial score (nSPS) is 16.3. The van der Waals surface area contributed by atoms with Gasteiger partial charge in [0.25, 0.3) is 5.91 Å². The van der Waals surface area contributed by atoms with Crippen LogP contribution in [0.15, 0.2) is 60.7 Å². The van der Waals surface area contributed by atoms with Crippen LogP contribution in [0.25, 0.3) is 0 Å². The fraction of sp³-hybridized carbons (Fsp3) is 0.474. The highest BCUT2D eigenvalue weighted by Crippen LogP contribution is 2.45. The summed E-state index contributed by atoms with van der Waals surface area (Å²) in [6.07, 6.45) is 2.13. The SMILES string of the molecule is CCCCCNCCCOc1cccc(C2OC(CC(=O)NCc3ccccc3F)C(=O)N(CC(C)(C)C)c3ccc(Cl)cc32)c1OC. The summed E-state index contributed by atoms with van der Waals surface area (Å²) >= 11 is 6.56. The molecule has 0 aromatic heterocycles. The minimum absolute atomic E-state index is 0.0150. The summed E-state index contributed by atoms with van der Waals surface area (Å²) in [5, 5.41) is 6.69. The first-order valence-electron chi connectivity index (χ1n) is 16.8. The number of amides is 2. The van der Waals surface area contributed by atoms with Gasteiger partial charge >= 0.3 is 0 Å². The summed E-state index contributed by atoms with van der Waals surface area (Å²) in [5.74, 6) is -0.184. The third-order valence-electron chi connectivity index (χ3n) is 8.05. The summed E-state index contributed by atoms with van der Waals surface area (Å²) in [5.41, 5.74) is 2.02. The first-order valence-corrected chi connectivity index (χ1v) is 17.2. The maximum atomic E-state index is 14.3. The molecule has 3 aromatic rings. The Balaban J connectivity index is 1.64. The van der Waals surface area contributed by atoms with Gasteiger partial charge in [0.2, 0.25) is 5.91 Å². The number of para-hydroxylation sites is 1. The molecular formula is C38H49ClFN3O5. The first-order chi connectivity index (χ1) is 23.0. The number of methoxy groups -OCH3 is 1. The predicted molar refractivity (Wildman–Crippen MR) is 188 cm³/mol. The van der Waals surface area contributed by atoms with Crippen LogP contribution in [-0.2, 0) is 20.9 Å². The molecule has 0 bridgehead atoms. The van der Waals surface area contributed by atoms with Gasteiger partial charge in [0, 0.05) is 40.5 Å². The lowest BCUT2D eigenvalue weighted by Crippen LogP contribution is -2.45. The fourth-order valence-electron chi connectivity index (χ4n) is 5.73. The number of hydrogen-bond acceptors (Lipinski definition) is 6. The fourth-order valence-corrected chi connectivity index (χ4v) is 5.92. The van der Waals surface area contributed by atoms with Gasteiger partial charge in [-0.25, -0.2) is 4.39 Å². The first kappa shape index (κ1) is 37.2. The van der Waals surface area contributed by atoms with E-state index in [-0.39, 0.29) is 24.3 Å². The topological polar surface area (TPSA) is 89.1 Å². The second-order valence-corrected chi connectivity index (χ2v) is 13.7. The predicted octanol–water partition coefficient (Wildman–Crippen LogP) is 7.61. The van der Waals surface area contributed by atoms with E-state index in [4.69, 9.17) is 25.8 Å². The zero-order chi connectivity index (χ0) is 34.7. The molecule has 3 aromatic carbocycles. The van der Waals surface area contributed by atoms with Gasteiger partial charge in [0.1, 0.15) is 18.0 Å². The van der Waals surface area contributed by atoms with Gasteiger partial charge in [0.15, 0.2) is 11.5 Å². The second-order valence-electron chi connectivity index (χ2n) is 13.3.